The molecule has 1 aromatic heterocycles. The van der Waals surface area contributed by atoms with Crippen molar-refractivity contribution in [2.75, 3.05) is 13.1 Å². The standard InChI is InChI=1S/C12H14N2O4S/c1-2-7-3-4-19-10(7)11(16)14-6-9(15)13-5-8(14)12(17)18/h3-4,8H,2,5-6H2,1H3,(H,13,15)(H,17,18). The SMILES string of the molecule is CCc1ccsc1C(=O)N1CC(=O)NCC1C(=O)O. The first-order chi connectivity index (χ1) is 9.04. The van der Waals surface area contributed by atoms with Crippen molar-refractivity contribution in [2.24, 2.45) is 0 Å². The van der Waals surface area contributed by atoms with Gasteiger partial charge in [0.2, 0.25) is 5.91 Å². The zero-order valence-electron chi connectivity index (χ0n) is 10.4. The Morgan fingerprint density at radius 1 is 1.58 bits per heavy atom. The Kier molecular flexibility index (Phi) is 3.84. The molecule has 0 bridgehead atoms. The van der Waals surface area contributed by atoms with Crippen molar-refractivity contribution >= 4 is 29.1 Å². The number of rotatable bonds is 3. The zero-order chi connectivity index (χ0) is 14.0. The highest BCUT2D eigenvalue weighted by Gasteiger charge is 2.36. The van der Waals surface area contributed by atoms with Gasteiger partial charge in [-0.1, -0.05) is 6.92 Å². The van der Waals surface area contributed by atoms with Crippen molar-refractivity contribution in [1.29, 1.82) is 0 Å². The van der Waals surface area contributed by atoms with Crippen LogP contribution in [0, 0.1) is 0 Å². The average Bonchev–Trinajstić information content (AvgIpc) is 2.85. The second-order valence-electron chi connectivity index (χ2n) is 4.22. The molecule has 1 unspecified atom stereocenters. The third-order valence-electron chi connectivity index (χ3n) is 3.05. The number of thiophene rings is 1. The van der Waals surface area contributed by atoms with Crippen LogP contribution in [0.2, 0.25) is 0 Å². The molecule has 0 radical (unpaired) electrons. The van der Waals surface area contributed by atoms with E-state index in [2.05, 4.69) is 5.32 Å². The lowest BCUT2D eigenvalue weighted by molar-refractivity contribution is -0.144. The number of carbonyl (C=O) groups excluding carboxylic acids is 2. The largest absolute Gasteiger partial charge is 0.480 e. The van der Waals surface area contributed by atoms with Crippen molar-refractivity contribution in [3.63, 3.8) is 0 Å². The van der Waals surface area contributed by atoms with Crippen molar-refractivity contribution in [3.05, 3.63) is 21.9 Å². The van der Waals surface area contributed by atoms with E-state index in [0.717, 1.165) is 10.5 Å². The Morgan fingerprint density at radius 3 is 2.95 bits per heavy atom. The zero-order valence-corrected chi connectivity index (χ0v) is 11.2. The highest BCUT2D eigenvalue weighted by Crippen LogP contribution is 2.21. The van der Waals surface area contributed by atoms with Crippen LogP contribution in [0.3, 0.4) is 0 Å². The quantitative estimate of drug-likeness (QED) is 0.836. The molecule has 1 aromatic rings. The third kappa shape index (κ3) is 2.60. The molecule has 1 saturated heterocycles. The molecule has 19 heavy (non-hydrogen) atoms. The van der Waals surface area contributed by atoms with Crippen LogP contribution in [0.25, 0.3) is 0 Å². The number of carboxylic acid groups (broad SMARTS) is 1. The molecule has 2 N–H and O–H groups in total. The van der Waals surface area contributed by atoms with E-state index < -0.39 is 12.0 Å². The number of hydrogen-bond donors (Lipinski definition) is 2. The van der Waals surface area contributed by atoms with Crippen molar-refractivity contribution in [2.45, 2.75) is 19.4 Å². The van der Waals surface area contributed by atoms with Gasteiger partial charge in [-0.15, -0.1) is 11.3 Å². The summed E-state index contributed by atoms with van der Waals surface area (Å²) in [5.41, 5.74) is 0.880. The molecule has 0 aliphatic carbocycles. The van der Waals surface area contributed by atoms with Crippen LogP contribution in [0.1, 0.15) is 22.2 Å². The van der Waals surface area contributed by atoms with Gasteiger partial charge < -0.3 is 15.3 Å². The Bertz CT molecular complexity index is 526. The highest BCUT2D eigenvalue weighted by atomic mass is 32.1. The normalized spacial score (nSPS) is 19.1. The van der Waals surface area contributed by atoms with Gasteiger partial charge in [-0.3, -0.25) is 9.59 Å². The lowest BCUT2D eigenvalue weighted by atomic mass is 10.1. The van der Waals surface area contributed by atoms with Crippen LogP contribution >= 0.6 is 11.3 Å². The number of aliphatic carboxylic acids is 1. The second-order valence-corrected chi connectivity index (χ2v) is 5.14. The van der Waals surface area contributed by atoms with Crippen LogP contribution in [0.5, 0.6) is 0 Å². The molecular weight excluding hydrogens is 268 g/mol. The molecule has 1 atom stereocenters. The van der Waals surface area contributed by atoms with Crippen LogP contribution < -0.4 is 5.32 Å². The lowest BCUT2D eigenvalue weighted by Crippen LogP contribution is -2.59. The van der Waals surface area contributed by atoms with Gasteiger partial charge in [0.05, 0.1) is 4.88 Å². The smallest absolute Gasteiger partial charge is 0.328 e. The third-order valence-corrected chi connectivity index (χ3v) is 4.00. The summed E-state index contributed by atoms with van der Waals surface area (Å²) < 4.78 is 0. The van der Waals surface area contributed by atoms with E-state index >= 15 is 0 Å². The Labute approximate surface area is 114 Å². The predicted molar refractivity (Wildman–Crippen MR) is 69.2 cm³/mol. The first-order valence-corrected chi connectivity index (χ1v) is 6.79. The van der Waals surface area contributed by atoms with Gasteiger partial charge in [-0.05, 0) is 23.4 Å². The van der Waals surface area contributed by atoms with Crippen molar-refractivity contribution in [1.82, 2.24) is 10.2 Å². The van der Waals surface area contributed by atoms with Crippen LogP contribution in [-0.2, 0) is 16.0 Å². The predicted octanol–water partition coefficient (Wildman–Crippen LogP) is 0.336. The van der Waals surface area contributed by atoms with Crippen LogP contribution in [-0.4, -0.2) is 46.9 Å². The first kappa shape index (κ1) is 13.5. The van der Waals surface area contributed by atoms with E-state index in [0.29, 0.717) is 11.3 Å². The maximum absolute atomic E-state index is 12.4. The summed E-state index contributed by atoms with van der Waals surface area (Å²) in [6.07, 6.45) is 0.697. The van der Waals surface area contributed by atoms with E-state index in [9.17, 15) is 14.4 Å². The molecule has 2 amide bonds. The molecule has 7 heteroatoms. The second kappa shape index (κ2) is 5.40. The molecule has 0 spiro atoms. The fourth-order valence-corrected chi connectivity index (χ4v) is 2.96. The average molecular weight is 282 g/mol. The number of nitrogens with one attached hydrogen (secondary N) is 1. The number of amides is 2. The molecule has 1 aliphatic heterocycles. The lowest BCUT2D eigenvalue weighted by Gasteiger charge is -2.32. The van der Waals surface area contributed by atoms with E-state index in [1.165, 1.54) is 11.3 Å². The summed E-state index contributed by atoms with van der Waals surface area (Å²) in [6.45, 7) is 1.67. The minimum absolute atomic E-state index is 0.0489. The summed E-state index contributed by atoms with van der Waals surface area (Å²) in [7, 11) is 0. The van der Waals surface area contributed by atoms with Gasteiger partial charge in [0.25, 0.3) is 5.91 Å². The molecular formula is C12H14N2O4S. The van der Waals surface area contributed by atoms with E-state index in [1.807, 2.05) is 13.0 Å². The van der Waals surface area contributed by atoms with E-state index in [1.54, 1.807) is 5.38 Å². The number of piperazine rings is 1. The maximum Gasteiger partial charge on any atom is 0.328 e. The van der Waals surface area contributed by atoms with Crippen molar-refractivity contribution in [3.8, 4) is 0 Å². The molecule has 2 heterocycles. The number of carbonyl (C=O) groups is 3. The molecule has 0 aromatic carbocycles. The van der Waals surface area contributed by atoms with Gasteiger partial charge in [-0.2, -0.15) is 0 Å². The van der Waals surface area contributed by atoms with Gasteiger partial charge in [0.1, 0.15) is 12.6 Å². The summed E-state index contributed by atoms with van der Waals surface area (Å²) in [4.78, 5) is 36.6. The summed E-state index contributed by atoms with van der Waals surface area (Å²) >= 11 is 1.28. The van der Waals surface area contributed by atoms with Crippen LogP contribution in [0.4, 0.5) is 0 Å². The Balaban J connectivity index is 2.29. The molecule has 6 nitrogen and oxygen atoms in total. The fraction of sp³-hybridized carbons (Fsp3) is 0.417. The summed E-state index contributed by atoms with van der Waals surface area (Å²) in [6, 6.07) is 0.842. The Hall–Kier alpha value is -1.89. The van der Waals surface area contributed by atoms with Gasteiger partial charge >= 0.3 is 5.97 Å². The van der Waals surface area contributed by atoms with Crippen molar-refractivity contribution < 1.29 is 19.5 Å². The molecule has 2 rings (SSSR count). The van der Waals surface area contributed by atoms with E-state index in [4.69, 9.17) is 5.11 Å². The number of aryl methyl sites for hydroxylation is 1. The fourth-order valence-electron chi connectivity index (χ4n) is 2.01. The van der Waals surface area contributed by atoms with Gasteiger partial charge in [-0.25, -0.2) is 4.79 Å². The number of carboxylic acids is 1. The number of hydrogen-bond acceptors (Lipinski definition) is 4. The van der Waals surface area contributed by atoms with Crippen LogP contribution in [0.15, 0.2) is 11.4 Å². The topological polar surface area (TPSA) is 86.7 Å². The maximum atomic E-state index is 12.4. The van der Waals surface area contributed by atoms with Gasteiger partial charge in [0, 0.05) is 6.54 Å². The van der Waals surface area contributed by atoms with Gasteiger partial charge in [0.15, 0.2) is 0 Å². The summed E-state index contributed by atoms with van der Waals surface area (Å²) in [5.74, 6) is -1.82. The number of nitrogens with zero attached hydrogens (tertiary/aromatic N) is 1. The molecule has 102 valence electrons. The van der Waals surface area contributed by atoms with E-state index in [-0.39, 0.29) is 24.9 Å². The Morgan fingerprint density at radius 2 is 2.32 bits per heavy atom. The minimum Gasteiger partial charge on any atom is -0.480 e. The molecule has 1 fully saturated rings. The first-order valence-electron chi connectivity index (χ1n) is 5.91. The summed E-state index contributed by atoms with van der Waals surface area (Å²) in [5, 5.41) is 13.4. The molecule has 1 aliphatic rings. The molecule has 0 saturated carbocycles. The highest BCUT2D eigenvalue weighted by molar-refractivity contribution is 7.12. The minimum atomic E-state index is -1.11. The monoisotopic (exact) mass is 282 g/mol.